The van der Waals surface area contributed by atoms with Crippen molar-refractivity contribution in [3.63, 3.8) is 0 Å². The maximum atomic E-state index is 13.6. The molecular weight excluding hydrogens is 452 g/mol. The van der Waals surface area contributed by atoms with E-state index in [-0.39, 0.29) is 0 Å². The van der Waals surface area contributed by atoms with Crippen LogP contribution in [0.2, 0.25) is 0 Å². The first-order valence-corrected chi connectivity index (χ1v) is 13.0. The summed E-state index contributed by atoms with van der Waals surface area (Å²) >= 11 is 0. The average molecular weight is 487 g/mol. The Morgan fingerprint density at radius 3 is 1.50 bits per heavy atom. The maximum absolute atomic E-state index is 13.6. The normalized spacial score (nSPS) is 15.2. The van der Waals surface area contributed by atoms with Gasteiger partial charge in [-0.3, -0.25) is 9.80 Å². The first kappa shape index (κ1) is 24.3. The van der Waals surface area contributed by atoms with Crippen molar-refractivity contribution in [2.24, 2.45) is 0 Å². The summed E-state index contributed by atoms with van der Waals surface area (Å²) in [4.78, 5) is 14.4. The van der Waals surface area contributed by atoms with Gasteiger partial charge in [-0.15, -0.1) is 0 Å². The number of aromatic nitrogens is 4. The lowest BCUT2D eigenvalue weighted by atomic mass is 10.1. The van der Waals surface area contributed by atoms with Crippen molar-refractivity contribution in [2.75, 3.05) is 13.1 Å². The van der Waals surface area contributed by atoms with E-state index in [0.717, 1.165) is 59.6 Å². The smallest absolute Gasteiger partial charge is 0.242 e. The molecule has 0 saturated carbocycles. The monoisotopic (exact) mass is 486 g/mol. The van der Waals surface area contributed by atoms with Crippen molar-refractivity contribution in [1.82, 2.24) is 19.8 Å². The lowest BCUT2D eigenvalue weighted by molar-refractivity contribution is -0.590. The number of fused-ring (bicyclic) bond motifs is 4. The summed E-state index contributed by atoms with van der Waals surface area (Å²) in [6.07, 6.45) is 4.08. The van der Waals surface area contributed by atoms with Crippen LogP contribution in [-0.2, 0) is 26.2 Å². The van der Waals surface area contributed by atoms with Gasteiger partial charge in [-0.05, 0) is 38.1 Å². The molecule has 0 radical (unpaired) electrons. The van der Waals surface area contributed by atoms with Gasteiger partial charge in [-0.1, -0.05) is 51.0 Å². The predicted octanol–water partition coefficient (Wildman–Crippen LogP) is 3.97. The SMILES string of the molecule is CCCCN1Cc2nc3ccccc3[n+]([O-])c2CN(CCCC)Cc2nc3ccccc3[n+]([O-])c2C1. The fourth-order valence-corrected chi connectivity index (χ4v) is 5.01. The molecule has 188 valence electrons. The van der Waals surface area contributed by atoms with Gasteiger partial charge in [0.15, 0.2) is 0 Å². The first-order valence-electron chi connectivity index (χ1n) is 13.0. The van der Waals surface area contributed by atoms with E-state index in [4.69, 9.17) is 9.97 Å². The summed E-state index contributed by atoms with van der Waals surface area (Å²) in [7, 11) is 0. The average Bonchev–Trinajstić information content (AvgIpc) is 2.89. The third kappa shape index (κ3) is 4.83. The van der Waals surface area contributed by atoms with Gasteiger partial charge in [-0.2, -0.15) is 9.46 Å². The van der Waals surface area contributed by atoms with Crippen LogP contribution in [0, 0.1) is 10.4 Å². The molecule has 2 aromatic heterocycles. The molecule has 3 heterocycles. The highest BCUT2D eigenvalue weighted by Gasteiger charge is 2.29. The number of hydrogen-bond acceptors (Lipinski definition) is 6. The number of rotatable bonds is 6. The topological polar surface area (TPSA) is 86.1 Å². The molecular formula is C28H34N6O2. The van der Waals surface area contributed by atoms with Gasteiger partial charge >= 0.3 is 0 Å². The second-order valence-corrected chi connectivity index (χ2v) is 9.70. The van der Waals surface area contributed by atoms with E-state index < -0.39 is 0 Å². The zero-order valence-corrected chi connectivity index (χ0v) is 21.2. The van der Waals surface area contributed by atoms with Crippen LogP contribution in [0.15, 0.2) is 48.5 Å². The molecule has 4 aromatic rings. The number of unbranched alkanes of at least 4 members (excludes halogenated alkanes) is 2. The molecule has 0 atom stereocenters. The van der Waals surface area contributed by atoms with Gasteiger partial charge in [0.1, 0.15) is 22.4 Å². The van der Waals surface area contributed by atoms with E-state index in [0.29, 0.717) is 59.6 Å². The van der Waals surface area contributed by atoms with Crippen LogP contribution >= 0.6 is 0 Å². The lowest BCUT2D eigenvalue weighted by Crippen LogP contribution is -2.44. The Morgan fingerprint density at radius 2 is 1.08 bits per heavy atom. The Kier molecular flexibility index (Phi) is 7.25. The third-order valence-corrected chi connectivity index (χ3v) is 7.02. The standard InChI is InChI=1S/C28H34N6O2/c1-3-5-15-31-17-23-28(34(36)26-14-10-7-11-21(26)29-23)20-32(16-6-4-2)18-24-27(19-31)33(35)25-13-9-8-12-22(25)30-24/h7-14H,3-6,15-20H2,1-2H3. The van der Waals surface area contributed by atoms with E-state index in [2.05, 4.69) is 23.6 Å². The first-order chi connectivity index (χ1) is 17.6. The quantitative estimate of drug-likeness (QED) is 0.303. The summed E-state index contributed by atoms with van der Waals surface area (Å²) in [6, 6.07) is 15.1. The van der Waals surface area contributed by atoms with Crippen LogP contribution in [-0.4, -0.2) is 32.9 Å². The number of benzene rings is 2. The molecule has 1 aliphatic rings. The molecule has 0 amide bonds. The number of para-hydroxylation sites is 4. The van der Waals surface area contributed by atoms with Crippen LogP contribution < -0.4 is 9.46 Å². The minimum Gasteiger partial charge on any atom is -0.618 e. The molecule has 0 spiro atoms. The van der Waals surface area contributed by atoms with E-state index in [1.165, 1.54) is 0 Å². The highest BCUT2D eigenvalue weighted by molar-refractivity contribution is 5.71. The Bertz CT molecular complexity index is 1270. The van der Waals surface area contributed by atoms with Crippen LogP contribution in [0.1, 0.15) is 62.3 Å². The Labute approximate surface area is 212 Å². The highest BCUT2D eigenvalue weighted by Crippen LogP contribution is 2.22. The van der Waals surface area contributed by atoms with Crippen molar-refractivity contribution >= 4 is 22.1 Å². The van der Waals surface area contributed by atoms with E-state index in [1.54, 1.807) is 0 Å². The molecule has 1 aliphatic heterocycles. The number of nitrogens with zero attached hydrogens (tertiary/aromatic N) is 6. The van der Waals surface area contributed by atoms with E-state index >= 15 is 0 Å². The van der Waals surface area contributed by atoms with Gasteiger partial charge in [0.05, 0.1) is 13.1 Å². The second kappa shape index (κ2) is 10.7. The van der Waals surface area contributed by atoms with Gasteiger partial charge in [-0.25, -0.2) is 9.97 Å². The molecule has 8 heteroatoms. The van der Waals surface area contributed by atoms with Crippen molar-refractivity contribution in [3.8, 4) is 0 Å². The van der Waals surface area contributed by atoms with Crippen LogP contribution in [0.5, 0.6) is 0 Å². The number of hydrogen-bond donors (Lipinski definition) is 0. The van der Waals surface area contributed by atoms with Crippen LogP contribution in [0.3, 0.4) is 0 Å². The van der Waals surface area contributed by atoms with Gasteiger partial charge in [0.2, 0.25) is 22.4 Å². The Morgan fingerprint density at radius 1 is 0.667 bits per heavy atom. The summed E-state index contributed by atoms with van der Waals surface area (Å²) in [5, 5.41) is 27.2. The van der Waals surface area contributed by atoms with Gasteiger partial charge in [0, 0.05) is 25.2 Å². The van der Waals surface area contributed by atoms with Crippen molar-refractivity contribution in [1.29, 1.82) is 0 Å². The lowest BCUT2D eigenvalue weighted by Gasteiger charge is -2.28. The predicted molar refractivity (Wildman–Crippen MR) is 139 cm³/mol. The minimum atomic E-state index is 0.463. The minimum absolute atomic E-state index is 0.463. The molecule has 0 unspecified atom stereocenters. The van der Waals surface area contributed by atoms with Crippen molar-refractivity contribution < 1.29 is 9.46 Å². The molecule has 0 saturated heterocycles. The molecule has 2 aromatic carbocycles. The van der Waals surface area contributed by atoms with Crippen molar-refractivity contribution in [2.45, 2.75) is 65.7 Å². The highest BCUT2D eigenvalue weighted by atomic mass is 16.5. The summed E-state index contributed by atoms with van der Waals surface area (Å²) in [5.74, 6) is 0. The molecule has 0 aliphatic carbocycles. The molecule has 5 rings (SSSR count). The second-order valence-electron chi connectivity index (χ2n) is 9.70. The van der Waals surface area contributed by atoms with Crippen LogP contribution in [0.4, 0.5) is 0 Å². The Hall–Kier alpha value is -3.36. The summed E-state index contributed by atoms with van der Waals surface area (Å²) < 4.78 is 2.14. The van der Waals surface area contributed by atoms with Gasteiger partial charge in [0.25, 0.3) is 0 Å². The summed E-state index contributed by atoms with van der Waals surface area (Å²) in [5.41, 5.74) is 5.52. The van der Waals surface area contributed by atoms with Crippen molar-refractivity contribution in [3.05, 3.63) is 81.7 Å². The largest absolute Gasteiger partial charge is 0.618 e. The zero-order chi connectivity index (χ0) is 25.1. The molecule has 36 heavy (non-hydrogen) atoms. The van der Waals surface area contributed by atoms with E-state index in [1.807, 2.05) is 48.5 Å². The summed E-state index contributed by atoms with van der Waals surface area (Å²) in [6.45, 7) is 7.90. The molecule has 0 bridgehead atoms. The fourth-order valence-electron chi connectivity index (χ4n) is 5.01. The van der Waals surface area contributed by atoms with Crippen LogP contribution in [0.25, 0.3) is 22.1 Å². The zero-order valence-electron chi connectivity index (χ0n) is 21.2. The Balaban J connectivity index is 1.67. The van der Waals surface area contributed by atoms with E-state index in [9.17, 15) is 10.4 Å². The molecule has 0 N–H and O–H groups in total. The molecule has 0 fully saturated rings. The molecule has 8 nitrogen and oxygen atoms in total. The fraction of sp³-hybridized carbons (Fsp3) is 0.429. The van der Waals surface area contributed by atoms with Gasteiger partial charge < -0.3 is 10.4 Å². The maximum Gasteiger partial charge on any atom is 0.242 e. The third-order valence-electron chi connectivity index (χ3n) is 7.02.